The summed E-state index contributed by atoms with van der Waals surface area (Å²) in [5.41, 5.74) is -0.872. The van der Waals surface area contributed by atoms with E-state index in [4.69, 9.17) is 0 Å². The van der Waals surface area contributed by atoms with E-state index in [1.54, 1.807) is 0 Å². The topological polar surface area (TPSA) is 20.2 Å². The molecule has 0 bridgehead atoms. The molecule has 4 heteroatoms. The molecule has 1 N–H and O–H groups in total. The van der Waals surface area contributed by atoms with Crippen LogP contribution in [-0.2, 0) is 5.60 Å². The number of aliphatic hydroxyl groups is 1. The van der Waals surface area contributed by atoms with Crippen molar-refractivity contribution in [2.45, 2.75) is 76.7 Å². The van der Waals surface area contributed by atoms with Crippen molar-refractivity contribution in [1.82, 2.24) is 0 Å². The van der Waals surface area contributed by atoms with E-state index in [-0.39, 0.29) is 11.0 Å². The number of rotatable bonds is 4. The maximum absolute atomic E-state index is 13.5. The lowest BCUT2D eigenvalue weighted by Crippen LogP contribution is -2.57. The van der Waals surface area contributed by atoms with E-state index in [2.05, 4.69) is 6.92 Å². The second kappa shape index (κ2) is 6.54. The Kier molecular flexibility index (Phi) is 4.61. The fourth-order valence-corrected chi connectivity index (χ4v) is 6.25. The summed E-state index contributed by atoms with van der Waals surface area (Å²) in [7, 11) is 0. The third-order valence-electron chi connectivity index (χ3n) is 7.50. The van der Waals surface area contributed by atoms with Gasteiger partial charge in [-0.05, 0) is 79.4 Å². The molecular weight excluding hydrogens is 337 g/mol. The number of benzene rings is 1. The summed E-state index contributed by atoms with van der Waals surface area (Å²) in [6.45, 7) is 2.26. The van der Waals surface area contributed by atoms with E-state index >= 15 is 0 Å². The normalized spacial score (nSPS) is 39.5. The van der Waals surface area contributed by atoms with Gasteiger partial charge in [-0.2, -0.15) is 0 Å². The van der Waals surface area contributed by atoms with Crippen LogP contribution < -0.4 is 0 Å². The zero-order valence-electron chi connectivity index (χ0n) is 15.5. The van der Waals surface area contributed by atoms with Gasteiger partial charge in [-0.15, -0.1) is 0 Å². The van der Waals surface area contributed by atoms with Gasteiger partial charge in [-0.1, -0.05) is 32.6 Å². The molecule has 3 saturated carbocycles. The highest BCUT2D eigenvalue weighted by Crippen LogP contribution is 2.67. The Morgan fingerprint density at radius 1 is 0.962 bits per heavy atom. The zero-order chi connectivity index (χ0) is 18.5. The van der Waals surface area contributed by atoms with Gasteiger partial charge in [0, 0.05) is 0 Å². The van der Waals surface area contributed by atoms with Gasteiger partial charge < -0.3 is 5.11 Å². The van der Waals surface area contributed by atoms with Crippen LogP contribution in [0.4, 0.5) is 13.2 Å². The SMILES string of the molecule is CCC[C@H]1CC[C@H](C2CC3(C2)CC(O)(c2cc(F)c(F)c(F)c2)C3)CC1. The van der Waals surface area contributed by atoms with Gasteiger partial charge in [0.25, 0.3) is 0 Å². The molecule has 1 nitrogen and oxygen atoms in total. The van der Waals surface area contributed by atoms with Crippen molar-refractivity contribution in [2.75, 3.05) is 0 Å². The molecule has 1 aromatic carbocycles. The molecule has 26 heavy (non-hydrogen) atoms. The fraction of sp³-hybridized carbons (Fsp3) is 0.727. The minimum Gasteiger partial charge on any atom is -0.385 e. The standard InChI is InChI=1S/C22H29F3O/c1-2-3-14-4-6-15(7-5-14)16-10-21(11-16)12-22(26,13-21)17-8-18(23)20(25)19(24)9-17/h8-9,14-16,26H,2-7,10-13H2,1H3/t14-,15-,16?,21?,22?. The van der Waals surface area contributed by atoms with Crippen LogP contribution >= 0.6 is 0 Å². The van der Waals surface area contributed by atoms with Gasteiger partial charge in [-0.3, -0.25) is 0 Å². The Bertz CT molecular complexity index is 641. The average Bonchev–Trinajstić information content (AvgIpc) is 2.55. The first-order valence-electron chi connectivity index (χ1n) is 10.2. The lowest BCUT2D eigenvalue weighted by molar-refractivity contribution is -0.196. The number of hydrogen-bond acceptors (Lipinski definition) is 1. The molecule has 144 valence electrons. The minimum atomic E-state index is -1.46. The predicted octanol–water partition coefficient (Wildman–Crippen LogP) is 6.09. The van der Waals surface area contributed by atoms with Crippen LogP contribution in [0.1, 0.15) is 76.7 Å². The third-order valence-corrected chi connectivity index (χ3v) is 7.50. The van der Waals surface area contributed by atoms with Crippen molar-refractivity contribution in [1.29, 1.82) is 0 Å². The fourth-order valence-electron chi connectivity index (χ4n) is 6.25. The summed E-state index contributed by atoms with van der Waals surface area (Å²) in [4.78, 5) is 0. The Morgan fingerprint density at radius 3 is 2.08 bits per heavy atom. The molecule has 1 aromatic rings. The van der Waals surface area contributed by atoms with Gasteiger partial charge in [0.05, 0.1) is 5.60 Å². The van der Waals surface area contributed by atoms with Gasteiger partial charge >= 0.3 is 0 Å². The molecule has 4 rings (SSSR count). The van der Waals surface area contributed by atoms with E-state index in [0.717, 1.165) is 42.7 Å². The zero-order valence-corrected chi connectivity index (χ0v) is 15.5. The Balaban J connectivity index is 1.32. The highest BCUT2D eigenvalue weighted by molar-refractivity contribution is 5.30. The van der Waals surface area contributed by atoms with Gasteiger partial charge in [0.1, 0.15) is 0 Å². The molecule has 3 aliphatic carbocycles. The van der Waals surface area contributed by atoms with Crippen LogP contribution in [0.5, 0.6) is 0 Å². The Hall–Kier alpha value is -1.03. The van der Waals surface area contributed by atoms with Crippen LogP contribution in [0, 0.1) is 40.6 Å². The second-order valence-corrected chi connectivity index (χ2v) is 9.38. The average molecular weight is 366 g/mol. The summed E-state index contributed by atoms with van der Waals surface area (Å²) >= 11 is 0. The summed E-state index contributed by atoms with van der Waals surface area (Å²) in [6.07, 6.45) is 11.4. The molecule has 1 spiro atoms. The van der Waals surface area contributed by atoms with E-state index < -0.39 is 23.1 Å². The van der Waals surface area contributed by atoms with Crippen LogP contribution in [0.25, 0.3) is 0 Å². The molecule has 0 heterocycles. The van der Waals surface area contributed by atoms with E-state index in [1.807, 2.05) is 0 Å². The molecule has 0 atom stereocenters. The van der Waals surface area contributed by atoms with Crippen molar-refractivity contribution >= 4 is 0 Å². The largest absolute Gasteiger partial charge is 0.385 e. The molecule has 0 radical (unpaired) electrons. The Labute approximate surface area is 154 Å². The smallest absolute Gasteiger partial charge is 0.194 e. The Morgan fingerprint density at radius 2 is 1.54 bits per heavy atom. The summed E-state index contributed by atoms with van der Waals surface area (Å²) < 4.78 is 40.1. The molecule has 0 aliphatic heterocycles. The van der Waals surface area contributed by atoms with Crippen molar-refractivity contribution < 1.29 is 18.3 Å². The first kappa shape index (κ1) is 18.3. The highest BCUT2D eigenvalue weighted by Gasteiger charge is 2.61. The second-order valence-electron chi connectivity index (χ2n) is 9.38. The molecule has 0 amide bonds. The van der Waals surface area contributed by atoms with Crippen molar-refractivity contribution in [3.8, 4) is 0 Å². The van der Waals surface area contributed by atoms with Crippen LogP contribution in [0.3, 0.4) is 0 Å². The minimum absolute atomic E-state index is 0.140. The summed E-state index contributed by atoms with van der Waals surface area (Å²) in [5, 5.41) is 10.8. The molecular formula is C22H29F3O. The first-order valence-corrected chi connectivity index (χ1v) is 10.2. The lowest BCUT2D eigenvalue weighted by Gasteiger charge is -2.63. The summed E-state index contributed by atoms with van der Waals surface area (Å²) in [6, 6.07) is 1.91. The third kappa shape index (κ3) is 3.08. The highest BCUT2D eigenvalue weighted by atomic mass is 19.2. The quantitative estimate of drug-likeness (QED) is 0.640. The van der Waals surface area contributed by atoms with Gasteiger partial charge in [0.15, 0.2) is 17.5 Å². The molecule has 0 aromatic heterocycles. The monoisotopic (exact) mass is 366 g/mol. The van der Waals surface area contributed by atoms with Crippen molar-refractivity contribution in [3.63, 3.8) is 0 Å². The van der Waals surface area contributed by atoms with Crippen molar-refractivity contribution in [3.05, 3.63) is 35.1 Å². The lowest BCUT2D eigenvalue weighted by atomic mass is 9.43. The van der Waals surface area contributed by atoms with E-state index in [1.165, 1.54) is 38.5 Å². The molecule has 0 saturated heterocycles. The van der Waals surface area contributed by atoms with E-state index in [0.29, 0.717) is 12.8 Å². The van der Waals surface area contributed by atoms with Crippen molar-refractivity contribution in [2.24, 2.45) is 23.2 Å². The maximum Gasteiger partial charge on any atom is 0.194 e. The van der Waals surface area contributed by atoms with E-state index in [9.17, 15) is 18.3 Å². The van der Waals surface area contributed by atoms with Crippen LogP contribution in [0.2, 0.25) is 0 Å². The predicted molar refractivity (Wildman–Crippen MR) is 95.0 cm³/mol. The van der Waals surface area contributed by atoms with Crippen LogP contribution in [0.15, 0.2) is 12.1 Å². The first-order chi connectivity index (χ1) is 12.3. The molecule has 3 aliphatic rings. The maximum atomic E-state index is 13.5. The summed E-state index contributed by atoms with van der Waals surface area (Å²) in [5.74, 6) is -1.41. The van der Waals surface area contributed by atoms with Gasteiger partial charge in [0.2, 0.25) is 0 Å². The number of hydrogen-bond donors (Lipinski definition) is 1. The number of halogens is 3. The van der Waals surface area contributed by atoms with Crippen LogP contribution in [-0.4, -0.2) is 5.11 Å². The molecule has 0 unspecified atom stereocenters. The molecule has 3 fully saturated rings. The van der Waals surface area contributed by atoms with Gasteiger partial charge in [-0.25, -0.2) is 13.2 Å².